The molecule has 100 valence electrons. The van der Waals surface area contributed by atoms with Gasteiger partial charge in [-0.05, 0) is 19.1 Å². The van der Waals surface area contributed by atoms with Crippen LogP contribution >= 0.6 is 0 Å². The van der Waals surface area contributed by atoms with Gasteiger partial charge in [-0.2, -0.15) is 0 Å². The van der Waals surface area contributed by atoms with E-state index in [2.05, 4.69) is 4.74 Å². The standard InChI is InChI=1S/C11H14FNO4S/c1-3-17-11(14)8-13(18(2,15)16)10-7-5-4-6-9(10)12/h4-7H,3,8H2,1-2H3. The maximum absolute atomic E-state index is 13.5. The summed E-state index contributed by atoms with van der Waals surface area (Å²) >= 11 is 0. The molecule has 5 nitrogen and oxygen atoms in total. The minimum absolute atomic E-state index is 0.133. The highest BCUT2D eigenvalue weighted by Gasteiger charge is 2.23. The summed E-state index contributed by atoms with van der Waals surface area (Å²) in [6.45, 7) is 1.19. The van der Waals surface area contributed by atoms with E-state index < -0.39 is 28.4 Å². The molecule has 18 heavy (non-hydrogen) atoms. The summed E-state index contributed by atoms with van der Waals surface area (Å²) in [7, 11) is -3.76. The number of esters is 1. The molecular formula is C11H14FNO4S. The van der Waals surface area contributed by atoms with E-state index in [1.807, 2.05) is 0 Å². The Morgan fingerprint density at radius 3 is 2.50 bits per heavy atom. The Morgan fingerprint density at radius 1 is 1.39 bits per heavy atom. The zero-order chi connectivity index (χ0) is 13.8. The molecule has 0 aromatic heterocycles. The fourth-order valence-corrected chi connectivity index (χ4v) is 2.20. The Labute approximate surface area is 105 Å². The first-order chi connectivity index (χ1) is 8.36. The van der Waals surface area contributed by atoms with E-state index >= 15 is 0 Å². The fourth-order valence-electron chi connectivity index (χ4n) is 1.36. The van der Waals surface area contributed by atoms with E-state index in [9.17, 15) is 17.6 Å². The Balaban J connectivity index is 3.08. The van der Waals surface area contributed by atoms with Gasteiger partial charge in [0.05, 0.1) is 18.6 Å². The number of rotatable bonds is 5. The van der Waals surface area contributed by atoms with Crippen molar-refractivity contribution in [2.45, 2.75) is 6.92 Å². The fraction of sp³-hybridized carbons (Fsp3) is 0.364. The predicted molar refractivity (Wildman–Crippen MR) is 65.2 cm³/mol. The Bertz CT molecular complexity index is 530. The Hall–Kier alpha value is -1.63. The van der Waals surface area contributed by atoms with Crippen molar-refractivity contribution in [3.63, 3.8) is 0 Å². The van der Waals surface area contributed by atoms with E-state index in [4.69, 9.17) is 0 Å². The SMILES string of the molecule is CCOC(=O)CN(c1ccccc1F)S(C)(=O)=O. The third-order valence-corrected chi connectivity index (χ3v) is 3.23. The normalized spacial score (nSPS) is 11.1. The molecule has 0 aliphatic rings. The molecule has 0 N–H and O–H groups in total. The van der Waals surface area contributed by atoms with Gasteiger partial charge in [0, 0.05) is 0 Å². The van der Waals surface area contributed by atoms with Gasteiger partial charge in [0.2, 0.25) is 10.0 Å². The number of carbonyl (C=O) groups excluding carboxylic acids is 1. The van der Waals surface area contributed by atoms with Gasteiger partial charge >= 0.3 is 5.97 Å². The first-order valence-electron chi connectivity index (χ1n) is 5.24. The number of hydrogen-bond acceptors (Lipinski definition) is 4. The van der Waals surface area contributed by atoms with Gasteiger partial charge in [0.25, 0.3) is 0 Å². The van der Waals surface area contributed by atoms with Crippen molar-refractivity contribution in [1.82, 2.24) is 0 Å². The van der Waals surface area contributed by atoms with Crippen LogP contribution in [-0.2, 0) is 19.6 Å². The van der Waals surface area contributed by atoms with Gasteiger partial charge in [-0.3, -0.25) is 9.10 Å². The van der Waals surface area contributed by atoms with Crippen LogP contribution in [0.25, 0.3) is 0 Å². The molecule has 0 aliphatic heterocycles. The molecule has 7 heteroatoms. The first-order valence-corrected chi connectivity index (χ1v) is 7.09. The smallest absolute Gasteiger partial charge is 0.326 e. The van der Waals surface area contributed by atoms with Crippen LogP contribution in [0.15, 0.2) is 24.3 Å². The molecule has 0 spiro atoms. The van der Waals surface area contributed by atoms with E-state index in [0.717, 1.165) is 12.3 Å². The van der Waals surface area contributed by atoms with Crippen LogP contribution in [0.4, 0.5) is 10.1 Å². The predicted octanol–water partition coefficient (Wildman–Crippen LogP) is 1.15. The highest BCUT2D eigenvalue weighted by molar-refractivity contribution is 7.92. The van der Waals surface area contributed by atoms with Gasteiger partial charge in [-0.15, -0.1) is 0 Å². The summed E-state index contributed by atoms with van der Waals surface area (Å²) in [6, 6.07) is 5.33. The van der Waals surface area contributed by atoms with E-state index in [1.54, 1.807) is 6.92 Å². The van der Waals surface area contributed by atoms with Crippen LogP contribution in [0.1, 0.15) is 6.92 Å². The van der Waals surface area contributed by atoms with Gasteiger partial charge in [-0.1, -0.05) is 12.1 Å². The van der Waals surface area contributed by atoms with Gasteiger partial charge < -0.3 is 4.74 Å². The Kier molecular flexibility index (Phi) is 4.66. The number of halogens is 1. The van der Waals surface area contributed by atoms with E-state index in [1.165, 1.54) is 18.2 Å². The molecule has 0 radical (unpaired) electrons. The quantitative estimate of drug-likeness (QED) is 0.756. The van der Waals surface area contributed by atoms with Crippen LogP contribution in [0, 0.1) is 5.82 Å². The maximum Gasteiger partial charge on any atom is 0.326 e. The largest absolute Gasteiger partial charge is 0.465 e. The van der Waals surface area contributed by atoms with Crippen LogP contribution in [-0.4, -0.2) is 33.8 Å². The zero-order valence-electron chi connectivity index (χ0n) is 10.1. The summed E-state index contributed by atoms with van der Waals surface area (Å²) in [5.74, 6) is -1.45. The molecule has 0 atom stereocenters. The number of sulfonamides is 1. The maximum atomic E-state index is 13.5. The molecule has 1 rings (SSSR count). The average molecular weight is 275 g/mol. The molecule has 0 unspecified atom stereocenters. The van der Waals surface area contributed by atoms with Crippen molar-refractivity contribution in [3.8, 4) is 0 Å². The molecule has 0 fully saturated rings. The average Bonchev–Trinajstić information content (AvgIpc) is 2.26. The van der Waals surface area contributed by atoms with Crippen LogP contribution < -0.4 is 4.31 Å². The number of anilines is 1. The molecule has 0 amide bonds. The van der Waals surface area contributed by atoms with Crippen LogP contribution in [0.5, 0.6) is 0 Å². The molecule has 0 bridgehead atoms. The molecule has 0 aliphatic carbocycles. The van der Waals surface area contributed by atoms with E-state index in [-0.39, 0.29) is 12.3 Å². The van der Waals surface area contributed by atoms with Gasteiger partial charge in [0.1, 0.15) is 12.4 Å². The molecule has 1 aromatic rings. The van der Waals surface area contributed by atoms with Crippen molar-refractivity contribution < 1.29 is 22.3 Å². The zero-order valence-corrected chi connectivity index (χ0v) is 10.9. The summed E-state index contributed by atoms with van der Waals surface area (Å²) in [4.78, 5) is 11.3. The van der Waals surface area contributed by atoms with Crippen molar-refractivity contribution in [2.75, 3.05) is 23.7 Å². The minimum Gasteiger partial charge on any atom is -0.465 e. The van der Waals surface area contributed by atoms with Crippen molar-refractivity contribution in [1.29, 1.82) is 0 Å². The van der Waals surface area contributed by atoms with Crippen LogP contribution in [0.3, 0.4) is 0 Å². The summed E-state index contributed by atoms with van der Waals surface area (Å²) < 4.78 is 42.0. The van der Waals surface area contributed by atoms with Crippen molar-refractivity contribution in [3.05, 3.63) is 30.1 Å². The summed E-state index contributed by atoms with van der Waals surface area (Å²) in [5.41, 5.74) is -0.173. The summed E-state index contributed by atoms with van der Waals surface area (Å²) in [6.07, 6.45) is 0.901. The van der Waals surface area contributed by atoms with Crippen molar-refractivity contribution >= 4 is 21.7 Å². The lowest BCUT2D eigenvalue weighted by Crippen LogP contribution is -2.36. The summed E-state index contributed by atoms with van der Waals surface area (Å²) in [5, 5.41) is 0. The first kappa shape index (κ1) is 14.4. The van der Waals surface area contributed by atoms with Gasteiger partial charge in [0.15, 0.2) is 0 Å². The van der Waals surface area contributed by atoms with Gasteiger partial charge in [-0.25, -0.2) is 12.8 Å². The second-order valence-electron chi connectivity index (χ2n) is 3.53. The minimum atomic E-state index is -3.76. The lowest BCUT2D eigenvalue weighted by atomic mass is 10.3. The molecule has 0 saturated carbocycles. The number of ether oxygens (including phenoxy) is 1. The highest BCUT2D eigenvalue weighted by Crippen LogP contribution is 2.21. The molecular weight excluding hydrogens is 261 g/mol. The highest BCUT2D eigenvalue weighted by atomic mass is 32.2. The lowest BCUT2D eigenvalue weighted by Gasteiger charge is -2.21. The van der Waals surface area contributed by atoms with Crippen molar-refractivity contribution in [2.24, 2.45) is 0 Å². The lowest BCUT2D eigenvalue weighted by molar-refractivity contribution is -0.141. The third-order valence-electron chi connectivity index (χ3n) is 2.10. The number of nitrogens with zero attached hydrogens (tertiary/aromatic N) is 1. The second-order valence-corrected chi connectivity index (χ2v) is 5.43. The number of para-hydroxylation sites is 1. The second kappa shape index (κ2) is 5.81. The Morgan fingerprint density at radius 2 is 2.00 bits per heavy atom. The molecule has 1 aromatic carbocycles. The number of benzene rings is 1. The topological polar surface area (TPSA) is 63.7 Å². The molecule has 0 saturated heterocycles. The third kappa shape index (κ3) is 3.69. The molecule has 0 heterocycles. The number of carbonyl (C=O) groups is 1. The monoisotopic (exact) mass is 275 g/mol. The van der Waals surface area contributed by atoms with Crippen LogP contribution in [0.2, 0.25) is 0 Å². The van der Waals surface area contributed by atoms with E-state index in [0.29, 0.717) is 4.31 Å². The number of hydrogen-bond donors (Lipinski definition) is 0.